The summed E-state index contributed by atoms with van der Waals surface area (Å²) in [6, 6.07) is 4.95. The van der Waals surface area contributed by atoms with Crippen molar-refractivity contribution in [2.45, 2.75) is 19.8 Å². The zero-order valence-corrected chi connectivity index (χ0v) is 20.3. The minimum Gasteiger partial charge on any atom is -0.497 e. The van der Waals surface area contributed by atoms with Gasteiger partial charge in [0.05, 0.1) is 7.11 Å². The second kappa shape index (κ2) is 10.8. The van der Waals surface area contributed by atoms with E-state index >= 15 is 13.2 Å². The first-order chi connectivity index (χ1) is 18.8. The van der Waals surface area contributed by atoms with E-state index in [1.807, 2.05) is 0 Å². The molecule has 0 spiro atoms. The third-order valence-corrected chi connectivity index (χ3v) is 6.18. The summed E-state index contributed by atoms with van der Waals surface area (Å²) in [6.07, 6.45) is -2.70. The average molecular weight is 576 g/mol. The van der Waals surface area contributed by atoms with Crippen molar-refractivity contribution in [3.63, 3.8) is 0 Å². The molecule has 0 aliphatic rings. The third kappa shape index (κ3) is 4.54. The predicted molar refractivity (Wildman–Crippen MR) is 126 cm³/mol. The summed E-state index contributed by atoms with van der Waals surface area (Å²) in [4.78, 5) is 0. The van der Waals surface area contributed by atoms with Crippen LogP contribution in [0, 0.1) is 40.7 Å². The first kappa shape index (κ1) is 28.9. The third-order valence-electron chi connectivity index (χ3n) is 6.18. The van der Waals surface area contributed by atoms with E-state index in [9.17, 15) is 35.1 Å². The summed E-state index contributed by atoms with van der Waals surface area (Å²) in [6.45, 7) is -1.31. The van der Waals surface area contributed by atoms with Gasteiger partial charge in [-0.05, 0) is 47.9 Å². The Balaban J connectivity index is 2.42. The molecule has 0 saturated carbocycles. The van der Waals surface area contributed by atoms with E-state index in [1.54, 1.807) is 0 Å². The fraction of sp³-hybridized carbons (Fsp3) is 0.143. The highest BCUT2D eigenvalue weighted by atomic mass is 19.2. The molecule has 1 atom stereocenters. The summed E-state index contributed by atoms with van der Waals surface area (Å²) >= 11 is 0. The summed E-state index contributed by atoms with van der Waals surface area (Å²) in [5.74, 6) is -19.4. The number of alkyl halides is 2. The van der Waals surface area contributed by atoms with Crippen LogP contribution in [0.4, 0.5) is 48.3 Å². The lowest BCUT2D eigenvalue weighted by Gasteiger charge is -2.23. The van der Waals surface area contributed by atoms with E-state index in [0.29, 0.717) is 6.92 Å². The highest BCUT2D eigenvalue weighted by Gasteiger charge is 2.34. The van der Waals surface area contributed by atoms with E-state index < -0.39 is 104 Å². The highest BCUT2D eigenvalue weighted by Crippen LogP contribution is 2.49. The Labute approximate surface area is 219 Å². The van der Waals surface area contributed by atoms with Crippen LogP contribution in [0.1, 0.15) is 18.1 Å². The molecule has 0 aliphatic carbocycles. The van der Waals surface area contributed by atoms with Crippen molar-refractivity contribution in [1.29, 1.82) is 0 Å². The van der Waals surface area contributed by atoms with Crippen LogP contribution in [-0.2, 0) is 6.67 Å². The van der Waals surface area contributed by atoms with Gasteiger partial charge in [0.2, 0.25) is 0 Å². The summed E-state index contributed by atoms with van der Waals surface area (Å²) < 4.78 is 166. The number of ether oxygens (including phenoxy) is 1. The maximum Gasteiger partial charge on any atom is 0.198 e. The van der Waals surface area contributed by atoms with E-state index in [4.69, 9.17) is 4.74 Å². The zero-order valence-electron chi connectivity index (χ0n) is 20.3. The van der Waals surface area contributed by atoms with Crippen LogP contribution < -0.4 is 4.74 Å². The predicted octanol–water partition coefficient (Wildman–Crippen LogP) is 9.59. The number of hydrogen-bond acceptors (Lipinski definition) is 1. The molecule has 4 aromatic carbocycles. The van der Waals surface area contributed by atoms with Crippen molar-refractivity contribution >= 4 is 16.6 Å². The molecule has 0 bridgehead atoms. The first-order valence-corrected chi connectivity index (χ1v) is 11.2. The SMILES string of the molecule is COc1ccc(-c2c(CF)c(/C(F)=C(/F)C(C)F)c(-c3cc(F)c(F)c(F)c3)c3c(F)c(F)c(F)c(F)c23)cc1. The molecule has 4 rings (SSSR count). The molecule has 0 fully saturated rings. The second-order valence-corrected chi connectivity index (χ2v) is 8.50. The molecule has 0 amide bonds. The molecule has 0 radical (unpaired) electrons. The van der Waals surface area contributed by atoms with Gasteiger partial charge in [0.15, 0.2) is 58.5 Å². The van der Waals surface area contributed by atoms with Crippen molar-refractivity contribution in [1.82, 2.24) is 0 Å². The minimum absolute atomic E-state index is 0.133. The minimum atomic E-state index is -2.70. The number of methoxy groups -OCH3 is 1. The van der Waals surface area contributed by atoms with Crippen LogP contribution in [0.3, 0.4) is 0 Å². The topological polar surface area (TPSA) is 9.23 Å². The zero-order chi connectivity index (χ0) is 29.6. The smallest absolute Gasteiger partial charge is 0.198 e. The lowest BCUT2D eigenvalue weighted by Crippen LogP contribution is -2.08. The molecule has 40 heavy (non-hydrogen) atoms. The fourth-order valence-corrected chi connectivity index (χ4v) is 4.39. The summed E-state index contributed by atoms with van der Waals surface area (Å²) in [5.41, 5.74) is -5.86. The van der Waals surface area contributed by atoms with Crippen LogP contribution in [0.15, 0.2) is 42.2 Å². The highest BCUT2D eigenvalue weighted by molar-refractivity contribution is 6.11. The normalized spacial score (nSPS) is 13.0. The molecule has 1 unspecified atom stereocenters. The quantitative estimate of drug-likeness (QED) is 0.126. The van der Waals surface area contributed by atoms with E-state index in [2.05, 4.69) is 0 Å². The van der Waals surface area contributed by atoms with E-state index in [1.165, 1.54) is 19.2 Å². The Morgan fingerprint density at radius 1 is 0.725 bits per heavy atom. The number of fused-ring (bicyclic) bond motifs is 1. The molecular weight excluding hydrogens is 561 g/mol. The van der Waals surface area contributed by atoms with Gasteiger partial charge in [-0.2, -0.15) is 0 Å². The molecule has 1 nitrogen and oxygen atoms in total. The van der Waals surface area contributed by atoms with E-state index in [0.717, 1.165) is 12.1 Å². The Bertz CT molecular complexity index is 1650. The molecular formula is C28H15F11O. The number of halogens is 11. The monoisotopic (exact) mass is 576 g/mol. The number of rotatable bonds is 6. The fourth-order valence-electron chi connectivity index (χ4n) is 4.39. The molecule has 210 valence electrons. The van der Waals surface area contributed by atoms with Crippen LogP contribution >= 0.6 is 0 Å². The van der Waals surface area contributed by atoms with Gasteiger partial charge in [0.25, 0.3) is 0 Å². The molecule has 4 aromatic rings. The van der Waals surface area contributed by atoms with E-state index in [-0.39, 0.29) is 23.4 Å². The molecule has 0 heterocycles. The average Bonchev–Trinajstić information content (AvgIpc) is 2.95. The van der Waals surface area contributed by atoms with Crippen molar-refractivity contribution in [2.75, 3.05) is 7.11 Å². The molecule has 0 saturated heterocycles. The number of benzene rings is 4. The van der Waals surface area contributed by atoms with Gasteiger partial charge in [-0.1, -0.05) is 12.1 Å². The van der Waals surface area contributed by atoms with Crippen LogP contribution in [0.25, 0.3) is 38.9 Å². The maximum absolute atomic E-state index is 15.6. The van der Waals surface area contributed by atoms with Crippen LogP contribution in [0.2, 0.25) is 0 Å². The van der Waals surface area contributed by atoms with Gasteiger partial charge in [0.1, 0.15) is 12.4 Å². The van der Waals surface area contributed by atoms with Gasteiger partial charge >= 0.3 is 0 Å². The summed E-state index contributed by atoms with van der Waals surface area (Å²) in [5, 5.41) is -2.63. The Kier molecular flexibility index (Phi) is 7.82. The van der Waals surface area contributed by atoms with Crippen molar-refractivity contribution in [3.8, 4) is 28.0 Å². The van der Waals surface area contributed by atoms with Gasteiger partial charge in [-0.15, -0.1) is 0 Å². The molecule has 12 heteroatoms. The Morgan fingerprint density at radius 3 is 1.68 bits per heavy atom. The second-order valence-electron chi connectivity index (χ2n) is 8.50. The number of hydrogen-bond donors (Lipinski definition) is 0. The van der Waals surface area contributed by atoms with Gasteiger partial charge in [-0.3, -0.25) is 0 Å². The maximum atomic E-state index is 15.6. The molecule has 0 N–H and O–H groups in total. The van der Waals surface area contributed by atoms with Crippen molar-refractivity contribution in [3.05, 3.63) is 94.1 Å². The van der Waals surface area contributed by atoms with Crippen LogP contribution in [-0.4, -0.2) is 13.3 Å². The van der Waals surface area contributed by atoms with Gasteiger partial charge in [-0.25, -0.2) is 48.3 Å². The lowest BCUT2D eigenvalue weighted by atomic mass is 9.82. The first-order valence-electron chi connectivity index (χ1n) is 11.2. The molecule has 0 aliphatic heterocycles. The Hall–Kier alpha value is -4.09. The Morgan fingerprint density at radius 2 is 1.23 bits per heavy atom. The number of allylic oxidation sites excluding steroid dienone is 1. The largest absolute Gasteiger partial charge is 0.497 e. The van der Waals surface area contributed by atoms with Gasteiger partial charge in [0, 0.05) is 27.5 Å². The molecule has 0 aromatic heterocycles. The van der Waals surface area contributed by atoms with Crippen LogP contribution in [0.5, 0.6) is 5.75 Å². The van der Waals surface area contributed by atoms with Crippen molar-refractivity contribution < 1.29 is 53.0 Å². The summed E-state index contributed by atoms with van der Waals surface area (Å²) in [7, 11) is 1.26. The van der Waals surface area contributed by atoms with Crippen molar-refractivity contribution in [2.24, 2.45) is 0 Å². The lowest BCUT2D eigenvalue weighted by molar-refractivity contribution is 0.346. The van der Waals surface area contributed by atoms with Gasteiger partial charge < -0.3 is 4.74 Å². The standard InChI is InChI=1S/C28H15F11O/c1-10(30)22(33)24(35)19-14(9-29)17(11-3-5-13(40-2)6-4-11)20-21(26(37)28(39)27(38)25(20)36)18(19)12-7-15(31)23(34)16(32)8-12/h3-8,10H,9H2,1-2H3/b24-22-.